The minimum atomic E-state index is 0.429. The predicted molar refractivity (Wildman–Crippen MR) is 81.7 cm³/mol. The highest BCUT2D eigenvalue weighted by Gasteiger charge is 2.24. The first kappa shape index (κ1) is 14.7. The molecule has 3 rings (SSSR count). The summed E-state index contributed by atoms with van der Waals surface area (Å²) in [5, 5.41) is 11.5. The van der Waals surface area contributed by atoms with Gasteiger partial charge >= 0.3 is 0 Å². The van der Waals surface area contributed by atoms with Gasteiger partial charge in [-0.3, -0.25) is 4.90 Å². The van der Waals surface area contributed by atoms with E-state index in [9.17, 15) is 0 Å². The Bertz CT molecular complexity index is 581. The Morgan fingerprint density at radius 3 is 3.00 bits per heavy atom. The molecule has 114 valence electrons. The minimum Gasteiger partial charge on any atom is -0.444 e. The number of hydrogen-bond donors (Lipinski definition) is 1. The summed E-state index contributed by atoms with van der Waals surface area (Å²) in [6.07, 6.45) is 3.73. The summed E-state index contributed by atoms with van der Waals surface area (Å²) in [4.78, 5) is 2.41. The number of nitrogens with one attached hydrogen (secondary N) is 1. The average molecular weight is 355 g/mol. The third-order valence-electron chi connectivity index (χ3n) is 3.78. The Morgan fingerprint density at radius 1 is 1.33 bits per heavy atom. The highest BCUT2D eigenvalue weighted by Crippen LogP contribution is 2.25. The molecule has 7 heteroatoms. The van der Waals surface area contributed by atoms with Gasteiger partial charge in [0.2, 0.25) is 5.89 Å². The van der Waals surface area contributed by atoms with Crippen LogP contribution in [-0.2, 0) is 6.54 Å². The van der Waals surface area contributed by atoms with Gasteiger partial charge in [-0.25, -0.2) is 0 Å². The molecule has 1 unspecified atom stereocenters. The van der Waals surface area contributed by atoms with E-state index in [1.807, 2.05) is 19.2 Å². The summed E-state index contributed by atoms with van der Waals surface area (Å²) in [6, 6.07) is 4.16. The monoisotopic (exact) mass is 354 g/mol. The molecule has 0 amide bonds. The number of piperidine rings is 1. The molecule has 1 fully saturated rings. The lowest BCUT2D eigenvalue weighted by molar-refractivity contribution is 0.127. The average Bonchev–Trinajstić information content (AvgIpc) is 3.10. The lowest BCUT2D eigenvalue weighted by Gasteiger charge is -2.34. The van der Waals surface area contributed by atoms with Crippen molar-refractivity contribution in [2.75, 3.05) is 20.1 Å². The van der Waals surface area contributed by atoms with Crippen LogP contribution in [0.4, 0.5) is 0 Å². The molecule has 1 aliphatic heterocycles. The second-order valence-corrected chi connectivity index (χ2v) is 6.06. The maximum atomic E-state index is 5.71. The van der Waals surface area contributed by atoms with E-state index in [2.05, 4.69) is 36.3 Å². The molecule has 0 spiro atoms. The molecule has 1 saturated heterocycles. The SMILES string of the molecule is CNCC1CCCCN1Cc1nnc(-c2ccc(Br)o2)o1. The summed E-state index contributed by atoms with van der Waals surface area (Å²) < 4.78 is 11.8. The van der Waals surface area contributed by atoms with Crippen molar-refractivity contribution < 1.29 is 8.83 Å². The molecule has 1 N–H and O–H groups in total. The van der Waals surface area contributed by atoms with Crippen LogP contribution in [0.1, 0.15) is 25.2 Å². The number of likely N-dealkylation sites (tertiary alicyclic amines) is 1. The van der Waals surface area contributed by atoms with Crippen molar-refractivity contribution in [2.24, 2.45) is 0 Å². The molecule has 21 heavy (non-hydrogen) atoms. The summed E-state index contributed by atoms with van der Waals surface area (Å²) in [7, 11) is 1.99. The first-order chi connectivity index (χ1) is 10.3. The number of likely N-dealkylation sites (N-methyl/N-ethyl adjacent to an activating group) is 1. The van der Waals surface area contributed by atoms with E-state index >= 15 is 0 Å². The van der Waals surface area contributed by atoms with Gasteiger partial charge in [0.25, 0.3) is 5.89 Å². The van der Waals surface area contributed by atoms with Crippen molar-refractivity contribution in [3.8, 4) is 11.7 Å². The van der Waals surface area contributed by atoms with E-state index in [1.165, 1.54) is 19.3 Å². The standard InChI is InChI=1S/C14H19BrN4O2/c1-16-8-10-4-2-3-7-19(10)9-13-17-18-14(21-13)11-5-6-12(15)20-11/h5-6,10,16H,2-4,7-9H2,1H3. The fourth-order valence-corrected chi connectivity index (χ4v) is 3.06. The number of halogens is 1. The number of hydrogen-bond acceptors (Lipinski definition) is 6. The largest absolute Gasteiger partial charge is 0.444 e. The smallest absolute Gasteiger partial charge is 0.283 e. The number of aromatic nitrogens is 2. The molecule has 0 aliphatic carbocycles. The second-order valence-electron chi connectivity index (χ2n) is 5.28. The number of nitrogens with zero attached hydrogens (tertiary/aromatic N) is 3. The first-order valence-electron chi connectivity index (χ1n) is 7.23. The van der Waals surface area contributed by atoms with Crippen LogP contribution in [-0.4, -0.2) is 41.3 Å². The molecule has 0 aromatic carbocycles. The van der Waals surface area contributed by atoms with E-state index in [0.717, 1.165) is 13.1 Å². The zero-order chi connectivity index (χ0) is 14.7. The zero-order valence-corrected chi connectivity index (χ0v) is 13.6. The van der Waals surface area contributed by atoms with Crippen molar-refractivity contribution in [3.05, 3.63) is 22.7 Å². The summed E-state index contributed by atoms with van der Waals surface area (Å²) in [5.74, 6) is 1.66. The van der Waals surface area contributed by atoms with Crippen LogP contribution in [0.25, 0.3) is 11.7 Å². The van der Waals surface area contributed by atoms with E-state index < -0.39 is 0 Å². The molecule has 2 aromatic heterocycles. The van der Waals surface area contributed by atoms with Gasteiger partial charge in [-0.2, -0.15) is 0 Å². The van der Waals surface area contributed by atoms with Crippen LogP contribution in [0.2, 0.25) is 0 Å². The Labute approximate surface area is 132 Å². The first-order valence-corrected chi connectivity index (χ1v) is 8.02. The maximum Gasteiger partial charge on any atom is 0.283 e. The van der Waals surface area contributed by atoms with Crippen LogP contribution in [0.15, 0.2) is 25.6 Å². The molecular formula is C14H19BrN4O2. The Hall–Kier alpha value is -1.18. The van der Waals surface area contributed by atoms with Gasteiger partial charge in [-0.05, 0) is 54.5 Å². The van der Waals surface area contributed by atoms with Crippen LogP contribution in [0, 0.1) is 0 Å². The van der Waals surface area contributed by atoms with Crippen LogP contribution in [0.5, 0.6) is 0 Å². The number of rotatable bonds is 5. The normalized spacial score (nSPS) is 20.0. The zero-order valence-electron chi connectivity index (χ0n) is 12.0. The van der Waals surface area contributed by atoms with Crippen molar-refractivity contribution in [2.45, 2.75) is 31.8 Å². The molecular weight excluding hydrogens is 336 g/mol. The highest BCUT2D eigenvalue weighted by atomic mass is 79.9. The van der Waals surface area contributed by atoms with E-state index in [0.29, 0.717) is 34.8 Å². The van der Waals surface area contributed by atoms with Gasteiger partial charge < -0.3 is 14.2 Å². The van der Waals surface area contributed by atoms with Gasteiger partial charge in [0, 0.05) is 12.6 Å². The van der Waals surface area contributed by atoms with Gasteiger partial charge in [-0.15, -0.1) is 10.2 Å². The van der Waals surface area contributed by atoms with Crippen molar-refractivity contribution >= 4 is 15.9 Å². The second kappa shape index (κ2) is 6.72. The third-order valence-corrected chi connectivity index (χ3v) is 4.20. The third kappa shape index (κ3) is 3.53. The Balaban J connectivity index is 1.68. The lowest BCUT2D eigenvalue weighted by atomic mass is 10.0. The van der Waals surface area contributed by atoms with Crippen LogP contribution in [0.3, 0.4) is 0 Å². The molecule has 2 aromatic rings. The molecule has 0 bridgehead atoms. The fourth-order valence-electron chi connectivity index (χ4n) is 2.75. The summed E-state index contributed by atoms with van der Waals surface area (Å²) >= 11 is 3.27. The van der Waals surface area contributed by atoms with E-state index in [-0.39, 0.29) is 0 Å². The maximum absolute atomic E-state index is 5.71. The van der Waals surface area contributed by atoms with Crippen molar-refractivity contribution in [3.63, 3.8) is 0 Å². The van der Waals surface area contributed by atoms with Crippen LogP contribution < -0.4 is 5.32 Å². The highest BCUT2D eigenvalue weighted by molar-refractivity contribution is 9.10. The van der Waals surface area contributed by atoms with Gasteiger partial charge in [0.05, 0.1) is 6.54 Å². The summed E-state index contributed by atoms with van der Waals surface area (Å²) in [5.41, 5.74) is 0. The molecule has 3 heterocycles. The topological polar surface area (TPSA) is 67.3 Å². The minimum absolute atomic E-state index is 0.429. The molecule has 6 nitrogen and oxygen atoms in total. The predicted octanol–water partition coefficient (Wildman–Crippen LogP) is 2.67. The van der Waals surface area contributed by atoms with Crippen LogP contribution >= 0.6 is 15.9 Å². The number of furan rings is 1. The van der Waals surface area contributed by atoms with E-state index in [4.69, 9.17) is 8.83 Å². The molecule has 1 aliphatic rings. The molecule has 1 atom stereocenters. The van der Waals surface area contributed by atoms with Crippen molar-refractivity contribution in [1.82, 2.24) is 20.4 Å². The quantitative estimate of drug-likeness (QED) is 0.890. The van der Waals surface area contributed by atoms with Gasteiger partial charge in [-0.1, -0.05) is 6.42 Å². The van der Waals surface area contributed by atoms with E-state index in [1.54, 1.807) is 0 Å². The fraction of sp³-hybridized carbons (Fsp3) is 0.571. The lowest BCUT2D eigenvalue weighted by Crippen LogP contribution is -2.44. The summed E-state index contributed by atoms with van der Waals surface area (Å²) in [6.45, 7) is 2.77. The van der Waals surface area contributed by atoms with Gasteiger partial charge in [0.1, 0.15) is 0 Å². The Kier molecular flexibility index (Phi) is 4.72. The molecule has 0 saturated carbocycles. The Morgan fingerprint density at radius 2 is 2.24 bits per heavy atom. The molecule has 0 radical (unpaired) electrons. The van der Waals surface area contributed by atoms with Crippen molar-refractivity contribution in [1.29, 1.82) is 0 Å². The van der Waals surface area contributed by atoms with Gasteiger partial charge in [0.15, 0.2) is 10.4 Å².